The number of rotatable bonds is 6. The first kappa shape index (κ1) is 16.3. The van der Waals surface area contributed by atoms with E-state index in [-0.39, 0.29) is 0 Å². The van der Waals surface area contributed by atoms with Gasteiger partial charge in [-0.25, -0.2) is 9.97 Å². The maximum atomic E-state index is 5.60. The maximum absolute atomic E-state index is 5.60. The van der Waals surface area contributed by atoms with E-state index in [0.29, 0.717) is 0 Å². The molecule has 0 atom stereocenters. The van der Waals surface area contributed by atoms with Gasteiger partial charge in [0.05, 0.1) is 0 Å². The van der Waals surface area contributed by atoms with E-state index in [1.165, 1.54) is 5.56 Å². The number of hydrogen-bond acceptors (Lipinski definition) is 5. The molecule has 0 radical (unpaired) electrons. The van der Waals surface area contributed by atoms with Gasteiger partial charge in [0.25, 0.3) is 0 Å². The zero-order valence-corrected chi connectivity index (χ0v) is 13.7. The maximum Gasteiger partial charge on any atom is 0.130 e. The highest BCUT2D eigenvalue weighted by molar-refractivity contribution is 5.24. The molecule has 0 unspecified atom stereocenters. The Morgan fingerprint density at radius 2 is 1.62 bits per heavy atom. The molecular formula is C16H29N5. The molecule has 1 aliphatic heterocycles. The molecule has 5 nitrogen and oxygen atoms in total. The Morgan fingerprint density at radius 1 is 1.00 bits per heavy atom. The van der Waals surface area contributed by atoms with Crippen LogP contribution in [-0.4, -0.2) is 66.1 Å². The Morgan fingerprint density at radius 3 is 2.19 bits per heavy atom. The Kier molecular flexibility index (Phi) is 6.08. The van der Waals surface area contributed by atoms with Crippen LogP contribution < -0.4 is 5.73 Å². The van der Waals surface area contributed by atoms with Gasteiger partial charge in [-0.1, -0.05) is 0 Å². The van der Waals surface area contributed by atoms with E-state index in [2.05, 4.69) is 30.7 Å². The number of nitrogens with two attached hydrogens (primary N) is 1. The molecule has 1 fully saturated rings. The molecular weight excluding hydrogens is 262 g/mol. The topological polar surface area (TPSA) is 58.3 Å². The lowest BCUT2D eigenvalue weighted by Gasteiger charge is -2.32. The highest BCUT2D eigenvalue weighted by atomic mass is 15.2. The van der Waals surface area contributed by atoms with Crippen LogP contribution >= 0.6 is 0 Å². The molecule has 2 rings (SSSR count). The minimum Gasteiger partial charge on any atom is -0.330 e. The Labute approximate surface area is 128 Å². The molecule has 0 aromatic carbocycles. The highest BCUT2D eigenvalue weighted by Crippen LogP contribution is 2.13. The third-order valence-corrected chi connectivity index (χ3v) is 4.35. The Bertz CT molecular complexity index is 429. The number of likely N-dealkylation sites (N-methyl/N-ethyl adjacent to an activating group) is 1. The zero-order chi connectivity index (χ0) is 15.2. The zero-order valence-electron chi connectivity index (χ0n) is 13.7. The third-order valence-electron chi connectivity index (χ3n) is 4.35. The lowest BCUT2D eigenvalue weighted by molar-refractivity contribution is 0.155. The predicted molar refractivity (Wildman–Crippen MR) is 86.5 cm³/mol. The summed E-state index contributed by atoms with van der Waals surface area (Å²) in [6.07, 6.45) is 2.95. The summed E-state index contributed by atoms with van der Waals surface area (Å²) < 4.78 is 0. The van der Waals surface area contributed by atoms with Gasteiger partial charge >= 0.3 is 0 Å². The Balaban J connectivity index is 1.91. The minimum atomic E-state index is 0.726. The van der Waals surface area contributed by atoms with Crippen LogP contribution in [0.1, 0.15) is 29.2 Å². The molecule has 2 heterocycles. The van der Waals surface area contributed by atoms with E-state index in [1.807, 2.05) is 0 Å². The third kappa shape index (κ3) is 4.73. The van der Waals surface area contributed by atoms with Gasteiger partial charge in [-0.3, -0.25) is 0 Å². The van der Waals surface area contributed by atoms with Crippen molar-refractivity contribution in [2.45, 2.75) is 33.1 Å². The van der Waals surface area contributed by atoms with Crippen LogP contribution in [0, 0.1) is 13.8 Å². The molecule has 1 aliphatic rings. The summed E-state index contributed by atoms with van der Waals surface area (Å²) in [4.78, 5) is 14.3. The molecule has 0 amide bonds. The van der Waals surface area contributed by atoms with Crippen molar-refractivity contribution in [3.63, 3.8) is 0 Å². The summed E-state index contributed by atoms with van der Waals surface area (Å²) in [6.45, 7) is 10.6. The van der Waals surface area contributed by atoms with Gasteiger partial charge in [0.1, 0.15) is 5.82 Å². The molecule has 1 aromatic heterocycles. The number of piperazine rings is 1. The van der Waals surface area contributed by atoms with Crippen molar-refractivity contribution in [3.05, 3.63) is 22.8 Å². The molecule has 0 saturated carbocycles. The van der Waals surface area contributed by atoms with E-state index >= 15 is 0 Å². The number of nitrogens with zero attached hydrogens (tertiary/aromatic N) is 4. The second-order valence-electron chi connectivity index (χ2n) is 6.08. The van der Waals surface area contributed by atoms with Gasteiger partial charge in [0, 0.05) is 50.5 Å². The van der Waals surface area contributed by atoms with Gasteiger partial charge in [-0.15, -0.1) is 0 Å². The lowest BCUT2D eigenvalue weighted by atomic mass is 10.1. The van der Waals surface area contributed by atoms with Crippen molar-refractivity contribution in [1.29, 1.82) is 0 Å². The summed E-state index contributed by atoms with van der Waals surface area (Å²) in [5, 5.41) is 0. The van der Waals surface area contributed by atoms with Crippen LogP contribution in [0.4, 0.5) is 0 Å². The summed E-state index contributed by atoms with van der Waals surface area (Å²) in [7, 11) is 2.19. The first-order valence-electron chi connectivity index (χ1n) is 8.04. The van der Waals surface area contributed by atoms with Gasteiger partial charge in [0.15, 0.2) is 0 Å². The van der Waals surface area contributed by atoms with Crippen LogP contribution in [-0.2, 0) is 12.8 Å². The molecule has 5 heteroatoms. The fourth-order valence-corrected chi connectivity index (χ4v) is 2.89. The number of hydrogen-bond donors (Lipinski definition) is 1. The van der Waals surface area contributed by atoms with Crippen molar-refractivity contribution in [1.82, 2.24) is 19.8 Å². The Hall–Kier alpha value is -1.04. The van der Waals surface area contributed by atoms with E-state index in [0.717, 1.165) is 75.7 Å². The van der Waals surface area contributed by atoms with Crippen molar-refractivity contribution >= 4 is 0 Å². The van der Waals surface area contributed by atoms with Gasteiger partial charge in [-0.2, -0.15) is 0 Å². The quantitative estimate of drug-likeness (QED) is 0.839. The summed E-state index contributed by atoms with van der Waals surface area (Å²) in [6, 6.07) is 0. The van der Waals surface area contributed by atoms with Crippen LogP contribution in [0.25, 0.3) is 0 Å². The van der Waals surface area contributed by atoms with E-state index in [1.54, 1.807) is 0 Å². The standard InChI is InChI=1S/C16H29N5/c1-13-15(5-4-7-17)14(2)19-16(18-13)6-8-21-11-9-20(3)10-12-21/h4-12,17H2,1-3H3. The van der Waals surface area contributed by atoms with Crippen molar-refractivity contribution in [2.24, 2.45) is 5.73 Å². The molecule has 0 spiro atoms. The van der Waals surface area contributed by atoms with Gasteiger partial charge in [-0.05, 0) is 45.8 Å². The van der Waals surface area contributed by atoms with Gasteiger partial charge in [0.2, 0.25) is 0 Å². The number of aromatic nitrogens is 2. The molecule has 0 aliphatic carbocycles. The van der Waals surface area contributed by atoms with Crippen molar-refractivity contribution < 1.29 is 0 Å². The van der Waals surface area contributed by atoms with Crippen LogP contribution in [0.15, 0.2) is 0 Å². The average molecular weight is 291 g/mol. The second kappa shape index (κ2) is 7.82. The fraction of sp³-hybridized carbons (Fsp3) is 0.750. The largest absolute Gasteiger partial charge is 0.330 e. The highest BCUT2D eigenvalue weighted by Gasteiger charge is 2.14. The van der Waals surface area contributed by atoms with Crippen molar-refractivity contribution in [2.75, 3.05) is 46.3 Å². The first-order valence-corrected chi connectivity index (χ1v) is 8.04. The number of aryl methyl sites for hydroxylation is 2. The van der Waals surface area contributed by atoms with Crippen molar-refractivity contribution in [3.8, 4) is 0 Å². The molecule has 118 valence electrons. The second-order valence-corrected chi connectivity index (χ2v) is 6.08. The molecule has 2 N–H and O–H groups in total. The monoisotopic (exact) mass is 291 g/mol. The van der Waals surface area contributed by atoms with Crippen LogP contribution in [0.5, 0.6) is 0 Å². The smallest absolute Gasteiger partial charge is 0.130 e. The van der Waals surface area contributed by atoms with Crippen LogP contribution in [0.2, 0.25) is 0 Å². The summed E-state index contributed by atoms with van der Waals surface area (Å²) in [5.41, 5.74) is 9.14. The molecule has 1 aromatic rings. The average Bonchev–Trinajstić information content (AvgIpc) is 2.46. The van der Waals surface area contributed by atoms with E-state index < -0.39 is 0 Å². The van der Waals surface area contributed by atoms with E-state index in [9.17, 15) is 0 Å². The SMILES string of the molecule is Cc1nc(CCN2CCN(C)CC2)nc(C)c1CCCN. The van der Waals surface area contributed by atoms with Gasteiger partial charge < -0.3 is 15.5 Å². The molecule has 1 saturated heterocycles. The molecule has 21 heavy (non-hydrogen) atoms. The lowest BCUT2D eigenvalue weighted by Crippen LogP contribution is -2.45. The first-order chi connectivity index (χ1) is 10.1. The van der Waals surface area contributed by atoms with E-state index in [4.69, 9.17) is 15.7 Å². The fourth-order valence-electron chi connectivity index (χ4n) is 2.89. The minimum absolute atomic E-state index is 0.726. The normalized spacial score (nSPS) is 17.3. The van der Waals surface area contributed by atoms with Crippen LogP contribution in [0.3, 0.4) is 0 Å². The summed E-state index contributed by atoms with van der Waals surface area (Å²) >= 11 is 0. The molecule has 0 bridgehead atoms. The predicted octanol–water partition coefficient (Wildman–Crippen LogP) is 0.775. The summed E-state index contributed by atoms with van der Waals surface area (Å²) in [5.74, 6) is 0.987.